The topological polar surface area (TPSA) is 74.4 Å². The zero-order valence-corrected chi connectivity index (χ0v) is 22.2. The number of rotatable bonds is 1. The number of hydrogen-bond donors (Lipinski definition) is 0. The highest BCUT2D eigenvalue weighted by Gasteiger charge is 2.36. The van der Waals surface area contributed by atoms with Crippen LogP contribution in [0.15, 0.2) is 85.3 Å². The summed E-state index contributed by atoms with van der Waals surface area (Å²) in [6.45, 7) is 2.58. The lowest BCUT2D eigenvalue weighted by Crippen LogP contribution is -2.57. The van der Waals surface area contributed by atoms with Gasteiger partial charge in [0.15, 0.2) is 0 Å². The van der Waals surface area contributed by atoms with Crippen molar-refractivity contribution in [1.82, 2.24) is 14.5 Å². The summed E-state index contributed by atoms with van der Waals surface area (Å²) < 4.78 is 8.44. The van der Waals surface area contributed by atoms with E-state index in [9.17, 15) is 10.1 Å². The van der Waals surface area contributed by atoms with Gasteiger partial charge in [0.2, 0.25) is 5.91 Å². The van der Waals surface area contributed by atoms with Gasteiger partial charge in [0.1, 0.15) is 17.6 Å². The van der Waals surface area contributed by atoms with Crippen molar-refractivity contribution in [1.29, 1.82) is 5.26 Å². The molecule has 0 saturated carbocycles. The van der Waals surface area contributed by atoms with Crippen molar-refractivity contribution < 1.29 is 9.53 Å². The molecule has 0 spiro atoms. The summed E-state index contributed by atoms with van der Waals surface area (Å²) in [5.74, 6) is 1.25. The molecule has 3 aromatic carbocycles. The monoisotopic (exact) mass is 547 g/mol. The quantitative estimate of drug-likeness (QED) is 0.327. The van der Waals surface area contributed by atoms with E-state index in [0.717, 1.165) is 29.1 Å². The number of carbonyl (C=O) groups excluding carboxylic acids is 1. The number of benzene rings is 3. The van der Waals surface area contributed by atoms with Crippen LogP contribution in [0.4, 0.5) is 5.69 Å². The van der Waals surface area contributed by atoms with Gasteiger partial charge in [-0.25, -0.2) is 4.98 Å². The van der Waals surface area contributed by atoms with Crippen LogP contribution in [0.25, 0.3) is 0 Å². The van der Waals surface area contributed by atoms with Gasteiger partial charge in [0, 0.05) is 44.5 Å². The molecule has 4 aromatic rings. The van der Waals surface area contributed by atoms with Gasteiger partial charge >= 0.3 is 0 Å². The molecule has 3 heterocycles. The molecular weight excluding hydrogens is 521 g/mol. The van der Waals surface area contributed by atoms with E-state index in [1.54, 1.807) is 6.07 Å². The molecule has 194 valence electrons. The third-order valence-electron chi connectivity index (χ3n) is 6.96. The molecule has 1 atom stereocenters. The molecule has 2 aliphatic heterocycles. The molecule has 6 rings (SSSR count). The smallest absolute Gasteiger partial charge is 0.244 e. The van der Waals surface area contributed by atoms with E-state index in [-0.39, 0.29) is 36.8 Å². The number of piperazine rings is 1. The summed E-state index contributed by atoms with van der Waals surface area (Å²) in [5, 5.41) is 9.70. The largest absolute Gasteiger partial charge is 0.456 e. The summed E-state index contributed by atoms with van der Waals surface area (Å²) in [6.07, 6.45) is 4.19. The highest BCUT2D eigenvalue weighted by Crippen LogP contribution is 2.32. The Kier molecular flexibility index (Phi) is 8.38. The van der Waals surface area contributed by atoms with Gasteiger partial charge in [-0.15, -0.1) is 24.8 Å². The number of para-hydroxylation sites is 2. The van der Waals surface area contributed by atoms with Crippen molar-refractivity contribution in [2.75, 3.05) is 18.0 Å². The highest BCUT2D eigenvalue weighted by molar-refractivity contribution is 5.98. The molecule has 9 heteroatoms. The number of anilines is 1. The van der Waals surface area contributed by atoms with Crippen LogP contribution in [0.1, 0.15) is 22.4 Å². The van der Waals surface area contributed by atoms with Gasteiger partial charge in [0.05, 0.1) is 23.6 Å². The Morgan fingerprint density at radius 2 is 1.71 bits per heavy atom. The van der Waals surface area contributed by atoms with E-state index in [1.807, 2.05) is 84.2 Å². The first kappa shape index (κ1) is 27.2. The van der Waals surface area contributed by atoms with Crippen LogP contribution >= 0.6 is 24.8 Å². The van der Waals surface area contributed by atoms with Crippen LogP contribution < -0.4 is 9.64 Å². The van der Waals surface area contributed by atoms with E-state index < -0.39 is 0 Å². The number of hydrogen-bond acceptors (Lipinski definition) is 5. The van der Waals surface area contributed by atoms with Crippen LogP contribution in [0.5, 0.6) is 11.5 Å². The van der Waals surface area contributed by atoms with E-state index in [4.69, 9.17) is 4.74 Å². The lowest BCUT2D eigenvalue weighted by atomic mass is 9.99. The normalized spacial score (nSPS) is 16.9. The van der Waals surface area contributed by atoms with Crippen molar-refractivity contribution in [2.45, 2.75) is 25.6 Å². The molecular formula is C29H27Cl2N5O2. The Hall–Kier alpha value is -3.83. The predicted molar refractivity (Wildman–Crippen MR) is 150 cm³/mol. The SMILES string of the molecule is Cl.Cl.N#Cc1ccc2cc1Oc1ccccc1CC1C(=O)N(c3ccccc3)CCN1Cc1cncn1C2. The molecule has 2 aliphatic rings. The second-order valence-corrected chi connectivity index (χ2v) is 9.18. The minimum Gasteiger partial charge on any atom is -0.456 e. The molecule has 7 nitrogen and oxygen atoms in total. The number of nitrogens with zero attached hydrogens (tertiary/aromatic N) is 5. The first-order valence-corrected chi connectivity index (χ1v) is 12.1. The third-order valence-corrected chi connectivity index (χ3v) is 6.96. The second-order valence-electron chi connectivity index (χ2n) is 9.18. The van der Waals surface area contributed by atoms with Gasteiger partial charge in [-0.2, -0.15) is 5.26 Å². The molecule has 2 bridgehead atoms. The summed E-state index contributed by atoms with van der Waals surface area (Å²) in [5.41, 5.74) is 4.37. The van der Waals surface area contributed by atoms with Gasteiger partial charge in [-0.1, -0.05) is 42.5 Å². The van der Waals surface area contributed by atoms with Gasteiger partial charge in [-0.3, -0.25) is 9.69 Å². The molecule has 0 radical (unpaired) electrons. The zero-order valence-electron chi connectivity index (χ0n) is 20.6. The van der Waals surface area contributed by atoms with E-state index in [0.29, 0.717) is 43.1 Å². The van der Waals surface area contributed by atoms with Crippen molar-refractivity contribution in [2.24, 2.45) is 0 Å². The summed E-state index contributed by atoms with van der Waals surface area (Å²) in [6, 6.07) is 25.2. The lowest BCUT2D eigenvalue weighted by Gasteiger charge is -2.41. The van der Waals surface area contributed by atoms with Crippen molar-refractivity contribution >= 4 is 36.4 Å². The number of halogens is 2. The van der Waals surface area contributed by atoms with Crippen LogP contribution in [-0.2, 0) is 24.3 Å². The summed E-state index contributed by atoms with van der Waals surface area (Å²) in [7, 11) is 0. The fourth-order valence-corrected chi connectivity index (χ4v) is 5.07. The fourth-order valence-electron chi connectivity index (χ4n) is 5.07. The lowest BCUT2D eigenvalue weighted by molar-refractivity contribution is -0.126. The summed E-state index contributed by atoms with van der Waals surface area (Å²) >= 11 is 0. The standard InChI is InChI=1S/C29H25N5O2.2ClH/c30-16-23-11-10-21-14-28(23)36-27-9-5-4-6-22(27)15-26-29(35)34(24-7-2-1-3-8-24)13-12-32(26)19-25-17-31-20-33(25)18-21;;/h1-11,14,17,20,26H,12-13,15,18-19H2;2*1H. The fraction of sp³-hybridized carbons (Fsp3) is 0.207. The van der Waals surface area contributed by atoms with E-state index in [2.05, 4.69) is 20.5 Å². The zero-order chi connectivity index (χ0) is 24.5. The highest BCUT2D eigenvalue weighted by atomic mass is 35.5. The Labute approximate surface area is 234 Å². The number of nitriles is 1. The Morgan fingerprint density at radius 3 is 2.53 bits per heavy atom. The molecule has 1 aromatic heterocycles. The Balaban J connectivity index is 0.00000168. The maximum absolute atomic E-state index is 13.9. The van der Waals surface area contributed by atoms with Gasteiger partial charge in [0.25, 0.3) is 0 Å². The molecule has 1 fully saturated rings. The second kappa shape index (κ2) is 11.7. The van der Waals surface area contributed by atoms with Crippen molar-refractivity contribution in [3.63, 3.8) is 0 Å². The number of aromatic nitrogens is 2. The minimum absolute atomic E-state index is 0. The first-order chi connectivity index (χ1) is 17.7. The maximum Gasteiger partial charge on any atom is 0.244 e. The Bertz CT molecular complexity index is 1470. The molecule has 1 amide bonds. The van der Waals surface area contributed by atoms with E-state index in [1.165, 1.54) is 0 Å². The number of imidazole rings is 1. The molecule has 0 aliphatic carbocycles. The average Bonchev–Trinajstić information content (AvgIpc) is 3.34. The Morgan fingerprint density at radius 1 is 0.921 bits per heavy atom. The molecule has 0 N–H and O–H groups in total. The first-order valence-electron chi connectivity index (χ1n) is 12.1. The molecule has 1 saturated heterocycles. The third kappa shape index (κ3) is 5.25. The number of fused-ring (bicyclic) bond motifs is 5. The van der Waals surface area contributed by atoms with Gasteiger partial charge in [-0.05, 0) is 41.5 Å². The van der Waals surface area contributed by atoms with Crippen LogP contribution in [-0.4, -0.2) is 39.5 Å². The molecule has 38 heavy (non-hydrogen) atoms. The number of ether oxygens (including phenoxy) is 1. The van der Waals surface area contributed by atoms with Gasteiger partial charge < -0.3 is 14.2 Å². The van der Waals surface area contributed by atoms with Crippen LogP contribution in [0, 0.1) is 11.3 Å². The van der Waals surface area contributed by atoms with E-state index >= 15 is 0 Å². The predicted octanol–water partition coefficient (Wildman–Crippen LogP) is 5.21. The van der Waals surface area contributed by atoms with Crippen LogP contribution in [0.2, 0.25) is 0 Å². The minimum atomic E-state index is -0.369. The summed E-state index contributed by atoms with van der Waals surface area (Å²) in [4.78, 5) is 22.5. The molecule has 1 unspecified atom stereocenters. The van der Waals surface area contributed by atoms with Crippen molar-refractivity contribution in [3.8, 4) is 17.6 Å². The average molecular weight is 548 g/mol. The maximum atomic E-state index is 13.9. The number of carbonyl (C=O) groups is 1. The number of amides is 1. The van der Waals surface area contributed by atoms with Crippen LogP contribution in [0.3, 0.4) is 0 Å². The van der Waals surface area contributed by atoms with Crippen molar-refractivity contribution in [3.05, 3.63) is 108 Å².